The van der Waals surface area contributed by atoms with Crippen molar-refractivity contribution in [2.45, 2.75) is 38.3 Å². The number of benzene rings is 1. The number of nitrogens with zero attached hydrogens (tertiary/aromatic N) is 2. The highest BCUT2D eigenvalue weighted by Crippen LogP contribution is 2.40. The summed E-state index contributed by atoms with van der Waals surface area (Å²) < 4.78 is 37.6. The van der Waals surface area contributed by atoms with Crippen LogP contribution in [0.1, 0.15) is 32.1 Å². The van der Waals surface area contributed by atoms with Crippen molar-refractivity contribution in [2.24, 2.45) is 11.3 Å². The second-order valence-corrected chi connectivity index (χ2v) is 8.77. The number of carboxylic acid groups (broad SMARTS) is 1. The average Bonchev–Trinajstić information content (AvgIpc) is 3.43. The molecule has 8 heteroatoms. The molecule has 1 atom stereocenters. The number of aliphatic carboxylic acids is 1. The van der Waals surface area contributed by atoms with E-state index in [9.17, 15) is 13.2 Å². The topological polar surface area (TPSA) is 53.0 Å². The molecule has 1 aromatic rings. The highest BCUT2D eigenvalue weighted by Gasteiger charge is 2.42. The predicted molar refractivity (Wildman–Crippen MR) is 108 cm³/mol. The number of alkyl halides is 3. The Labute approximate surface area is 175 Å². The van der Waals surface area contributed by atoms with E-state index < -0.39 is 12.1 Å². The highest BCUT2D eigenvalue weighted by molar-refractivity contribution is 5.73. The van der Waals surface area contributed by atoms with Gasteiger partial charge in [-0.25, -0.2) is 4.79 Å². The molecule has 3 aliphatic rings. The van der Waals surface area contributed by atoms with Gasteiger partial charge in [-0.1, -0.05) is 18.2 Å². The lowest BCUT2D eigenvalue weighted by Crippen LogP contribution is -2.46. The summed E-state index contributed by atoms with van der Waals surface area (Å²) in [5, 5.41) is 7.12. The zero-order valence-corrected chi connectivity index (χ0v) is 17.2. The van der Waals surface area contributed by atoms with Crippen LogP contribution in [0.25, 0.3) is 0 Å². The molecule has 4 rings (SSSR count). The number of carbonyl (C=O) groups is 1. The normalized spacial score (nSPS) is 25.0. The van der Waals surface area contributed by atoms with Crippen molar-refractivity contribution in [3.8, 4) is 5.75 Å². The molecule has 0 bridgehead atoms. The van der Waals surface area contributed by atoms with Crippen LogP contribution in [0.4, 0.5) is 13.2 Å². The lowest BCUT2D eigenvalue weighted by atomic mass is 9.79. The maximum Gasteiger partial charge on any atom is 0.490 e. The maximum absolute atomic E-state index is 10.6. The summed E-state index contributed by atoms with van der Waals surface area (Å²) in [6.07, 6.45) is 2.08. The molecule has 1 saturated carbocycles. The van der Waals surface area contributed by atoms with Crippen molar-refractivity contribution in [2.75, 3.05) is 45.9 Å². The Bertz CT molecular complexity index is 682. The van der Waals surface area contributed by atoms with Gasteiger partial charge in [0.15, 0.2) is 0 Å². The third-order valence-corrected chi connectivity index (χ3v) is 6.13. The molecule has 30 heavy (non-hydrogen) atoms. The van der Waals surface area contributed by atoms with E-state index in [2.05, 4.69) is 9.80 Å². The first-order valence-electron chi connectivity index (χ1n) is 10.7. The average molecular weight is 428 g/mol. The predicted octanol–water partition coefficient (Wildman–Crippen LogP) is 3.90. The molecule has 0 amide bonds. The van der Waals surface area contributed by atoms with Crippen molar-refractivity contribution in [3.63, 3.8) is 0 Å². The number of hydrogen-bond donors (Lipinski definition) is 1. The number of halogens is 3. The van der Waals surface area contributed by atoms with E-state index in [1.54, 1.807) is 0 Å². The van der Waals surface area contributed by atoms with Crippen LogP contribution in [-0.2, 0) is 4.79 Å². The molecule has 5 nitrogen and oxygen atoms in total. The van der Waals surface area contributed by atoms with Gasteiger partial charge < -0.3 is 14.7 Å². The zero-order chi connectivity index (χ0) is 21.6. The summed E-state index contributed by atoms with van der Waals surface area (Å²) in [6, 6.07) is 10.2. The first kappa shape index (κ1) is 22.9. The number of carboxylic acids is 1. The Hall–Kier alpha value is -1.80. The summed E-state index contributed by atoms with van der Waals surface area (Å²) >= 11 is 0. The lowest BCUT2D eigenvalue weighted by molar-refractivity contribution is -0.192. The largest absolute Gasteiger partial charge is 0.492 e. The number of piperidine rings is 1. The molecule has 0 radical (unpaired) electrons. The first-order valence-corrected chi connectivity index (χ1v) is 10.7. The van der Waals surface area contributed by atoms with Gasteiger partial charge in [-0.15, -0.1) is 0 Å². The van der Waals surface area contributed by atoms with Crippen LogP contribution in [0, 0.1) is 11.3 Å². The molecule has 1 unspecified atom stereocenters. The van der Waals surface area contributed by atoms with Gasteiger partial charge in [0.25, 0.3) is 0 Å². The maximum atomic E-state index is 10.6. The van der Waals surface area contributed by atoms with E-state index in [1.165, 1.54) is 64.8 Å². The van der Waals surface area contributed by atoms with Crippen molar-refractivity contribution in [1.29, 1.82) is 0 Å². The second-order valence-electron chi connectivity index (χ2n) is 8.77. The number of hydrogen-bond acceptors (Lipinski definition) is 4. The second kappa shape index (κ2) is 10.0. The minimum Gasteiger partial charge on any atom is -0.492 e. The third-order valence-electron chi connectivity index (χ3n) is 6.13. The number of likely N-dealkylation sites (tertiary alicyclic amines) is 2. The van der Waals surface area contributed by atoms with Crippen molar-refractivity contribution in [3.05, 3.63) is 30.3 Å². The van der Waals surface area contributed by atoms with Gasteiger partial charge in [-0.2, -0.15) is 13.2 Å². The standard InChI is InChI=1S/C20H30N2O.C2HF3O2/c1-2-5-19(6-3-1)23-14-13-21-11-4-9-20(16-21)10-12-22(17-20)15-18-7-8-18;3-2(4,5)1(6)7/h1-3,5-6,18H,4,7-17H2;(H,6,7). The fraction of sp³-hybridized carbons (Fsp3) is 0.682. The van der Waals surface area contributed by atoms with Crippen LogP contribution in [-0.4, -0.2) is 72.9 Å². The van der Waals surface area contributed by atoms with Gasteiger partial charge in [0.2, 0.25) is 0 Å². The Morgan fingerprint density at radius 3 is 2.40 bits per heavy atom. The minimum absolute atomic E-state index is 0.583. The van der Waals surface area contributed by atoms with Gasteiger partial charge in [0, 0.05) is 26.2 Å². The Morgan fingerprint density at radius 2 is 1.77 bits per heavy atom. The third kappa shape index (κ3) is 7.16. The molecule has 0 aromatic heterocycles. The van der Waals surface area contributed by atoms with E-state index >= 15 is 0 Å². The molecule has 1 N–H and O–H groups in total. The molecular formula is C22H31F3N2O3. The molecule has 1 aromatic carbocycles. The van der Waals surface area contributed by atoms with E-state index in [0.717, 1.165) is 24.8 Å². The highest BCUT2D eigenvalue weighted by atomic mass is 19.4. The molecule has 2 saturated heterocycles. The van der Waals surface area contributed by atoms with E-state index in [1.807, 2.05) is 30.3 Å². The van der Waals surface area contributed by atoms with Gasteiger partial charge >= 0.3 is 12.1 Å². The lowest BCUT2D eigenvalue weighted by Gasteiger charge is -2.40. The Balaban J connectivity index is 0.000000318. The van der Waals surface area contributed by atoms with Crippen molar-refractivity contribution >= 4 is 5.97 Å². The van der Waals surface area contributed by atoms with Crippen molar-refractivity contribution in [1.82, 2.24) is 9.80 Å². The van der Waals surface area contributed by atoms with Gasteiger partial charge in [-0.3, -0.25) is 4.90 Å². The molecule has 2 heterocycles. The van der Waals surface area contributed by atoms with Crippen LogP contribution in [0.5, 0.6) is 5.75 Å². The fourth-order valence-corrected chi connectivity index (χ4v) is 4.49. The summed E-state index contributed by atoms with van der Waals surface area (Å²) in [5.74, 6) is -0.729. The van der Waals surface area contributed by atoms with Crippen LogP contribution in [0.3, 0.4) is 0 Å². The van der Waals surface area contributed by atoms with E-state index in [4.69, 9.17) is 14.6 Å². The van der Waals surface area contributed by atoms with Crippen molar-refractivity contribution < 1.29 is 27.8 Å². The zero-order valence-electron chi connectivity index (χ0n) is 17.2. The number of para-hydroxylation sites is 1. The van der Waals surface area contributed by atoms with Crippen LogP contribution in [0.2, 0.25) is 0 Å². The van der Waals surface area contributed by atoms with Gasteiger partial charge in [-0.05, 0) is 68.7 Å². The molecule has 1 aliphatic carbocycles. The number of ether oxygens (including phenoxy) is 1. The molecular weight excluding hydrogens is 397 g/mol. The van der Waals surface area contributed by atoms with Crippen LogP contribution in [0.15, 0.2) is 30.3 Å². The minimum atomic E-state index is -5.08. The molecule has 3 fully saturated rings. The quantitative estimate of drug-likeness (QED) is 0.745. The molecule has 1 spiro atoms. The summed E-state index contributed by atoms with van der Waals surface area (Å²) in [7, 11) is 0. The SMILES string of the molecule is O=C(O)C(F)(F)F.c1ccc(OCCN2CCCC3(CCN(CC4CC4)C3)C2)cc1. The van der Waals surface area contributed by atoms with Crippen LogP contribution >= 0.6 is 0 Å². The summed E-state index contributed by atoms with van der Waals surface area (Å²) in [4.78, 5) is 14.3. The fourth-order valence-electron chi connectivity index (χ4n) is 4.49. The van der Waals surface area contributed by atoms with Crippen LogP contribution < -0.4 is 4.74 Å². The van der Waals surface area contributed by atoms with E-state index in [0.29, 0.717) is 5.41 Å². The monoisotopic (exact) mass is 428 g/mol. The van der Waals surface area contributed by atoms with E-state index in [-0.39, 0.29) is 0 Å². The van der Waals surface area contributed by atoms with Gasteiger partial charge in [0.1, 0.15) is 12.4 Å². The number of rotatable bonds is 6. The van der Waals surface area contributed by atoms with Gasteiger partial charge in [0.05, 0.1) is 0 Å². The molecule has 168 valence electrons. The molecule has 2 aliphatic heterocycles. The first-order chi connectivity index (χ1) is 14.3. The smallest absolute Gasteiger partial charge is 0.490 e. The summed E-state index contributed by atoms with van der Waals surface area (Å²) in [5.41, 5.74) is 0.583. The Morgan fingerprint density at radius 1 is 1.10 bits per heavy atom. The Kier molecular flexibility index (Phi) is 7.63. The summed E-state index contributed by atoms with van der Waals surface area (Å²) in [6.45, 7) is 8.48.